The lowest BCUT2D eigenvalue weighted by molar-refractivity contribution is -0.121. The molecule has 2 aromatic heterocycles. The van der Waals surface area contributed by atoms with Crippen LogP contribution in [-0.2, 0) is 11.2 Å². The molecule has 0 aromatic carbocycles. The van der Waals surface area contributed by atoms with Gasteiger partial charge in [-0.2, -0.15) is 10.1 Å². The third-order valence-corrected chi connectivity index (χ3v) is 4.80. The molecular formula is C18H27N5O2. The molecule has 3 rings (SSSR count). The van der Waals surface area contributed by atoms with E-state index in [-0.39, 0.29) is 11.9 Å². The molecule has 1 aliphatic rings. The highest BCUT2D eigenvalue weighted by Crippen LogP contribution is 2.32. The highest BCUT2D eigenvalue weighted by molar-refractivity contribution is 5.76. The molecule has 1 amide bonds. The quantitative estimate of drug-likeness (QED) is 0.832. The molecule has 1 atom stereocenters. The van der Waals surface area contributed by atoms with Crippen molar-refractivity contribution in [3.63, 3.8) is 0 Å². The van der Waals surface area contributed by atoms with Crippen LogP contribution in [0.25, 0.3) is 0 Å². The van der Waals surface area contributed by atoms with Crippen LogP contribution >= 0.6 is 0 Å². The smallest absolute Gasteiger partial charge is 0.227 e. The summed E-state index contributed by atoms with van der Waals surface area (Å²) in [5, 5.41) is 11.4. The molecule has 0 spiro atoms. The summed E-state index contributed by atoms with van der Waals surface area (Å²) in [6.45, 7) is 6.11. The Kier molecular flexibility index (Phi) is 5.50. The maximum Gasteiger partial charge on any atom is 0.227 e. The Balaban J connectivity index is 1.47. The largest absolute Gasteiger partial charge is 0.349 e. The molecule has 7 heteroatoms. The van der Waals surface area contributed by atoms with Gasteiger partial charge in [0.2, 0.25) is 11.8 Å². The molecule has 0 bridgehead atoms. The molecule has 2 heterocycles. The molecule has 7 nitrogen and oxygen atoms in total. The Morgan fingerprint density at radius 1 is 1.36 bits per heavy atom. The molecule has 2 aromatic rings. The van der Waals surface area contributed by atoms with E-state index >= 15 is 0 Å². The maximum atomic E-state index is 12.2. The van der Waals surface area contributed by atoms with Gasteiger partial charge >= 0.3 is 0 Å². The summed E-state index contributed by atoms with van der Waals surface area (Å²) >= 11 is 0. The van der Waals surface area contributed by atoms with Gasteiger partial charge in [-0.15, -0.1) is 0 Å². The van der Waals surface area contributed by atoms with Gasteiger partial charge in [-0.1, -0.05) is 18.0 Å². The number of rotatable bonds is 7. The van der Waals surface area contributed by atoms with Crippen molar-refractivity contribution in [2.24, 2.45) is 0 Å². The van der Waals surface area contributed by atoms with Crippen LogP contribution in [0.1, 0.15) is 88.2 Å². The van der Waals surface area contributed by atoms with E-state index in [4.69, 9.17) is 4.52 Å². The van der Waals surface area contributed by atoms with Crippen LogP contribution in [0.15, 0.2) is 16.9 Å². The first-order chi connectivity index (χ1) is 12.0. The van der Waals surface area contributed by atoms with E-state index in [9.17, 15) is 4.79 Å². The number of carbonyl (C=O) groups is 1. The summed E-state index contributed by atoms with van der Waals surface area (Å²) in [4.78, 5) is 16.6. The Morgan fingerprint density at radius 3 is 2.80 bits per heavy atom. The van der Waals surface area contributed by atoms with E-state index in [0.29, 0.717) is 30.7 Å². The Hall–Kier alpha value is -2.18. The topological polar surface area (TPSA) is 85.8 Å². The molecule has 1 N–H and O–H groups in total. The van der Waals surface area contributed by atoms with Crippen molar-refractivity contribution in [3.8, 4) is 0 Å². The van der Waals surface area contributed by atoms with Gasteiger partial charge in [0.25, 0.3) is 0 Å². The van der Waals surface area contributed by atoms with Crippen LogP contribution in [0.5, 0.6) is 0 Å². The third-order valence-electron chi connectivity index (χ3n) is 4.80. The zero-order valence-corrected chi connectivity index (χ0v) is 15.2. The number of nitrogens with one attached hydrogen (secondary N) is 1. The average molecular weight is 345 g/mol. The minimum atomic E-state index is -0.0725. The maximum absolute atomic E-state index is 12.2. The number of aromatic nitrogens is 4. The second kappa shape index (κ2) is 7.80. The fourth-order valence-corrected chi connectivity index (χ4v) is 3.20. The lowest BCUT2D eigenvalue weighted by Crippen LogP contribution is -2.26. The molecule has 0 saturated heterocycles. The summed E-state index contributed by atoms with van der Waals surface area (Å²) in [7, 11) is 0. The number of carbonyl (C=O) groups excluding carboxylic acids is 1. The van der Waals surface area contributed by atoms with Crippen molar-refractivity contribution < 1.29 is 9.32 Å². The van der Waals surface area contributed by atoms with E-state index in [0.717, 1.165) is 24.2 Å². The van der Waals surface area contributed by atoms with Crippen molar-refractivity contribution in [1.82, 2.24) is 25.2 Å². The van der Waals surface area contributed by atoms with Crippen molar-refractivity contribution in [1.29, 1.82) is 0 Å². The summed E-state index contributed by atoms with van der Waals surface area (Å²) in [6.07, 6.45) is 9.35. The van der Waals surface area contributed by atoms with Gasteiger partial charge in [0.15, 0.2) is 5.82 Å². The Labute approximate surface area is 148 Å². The fourth-order valence-electron chi connectivity index (χ4n) is 3.20. The van der Waals surface area contributed by atoms with E-state index in [1.807, 2.05) is 17.8 Å². The second-order valence-electron chi connectivity index (χ2n) is 7.16. The summed E-state index contributed by atoms with van der Waals surface area (Å²) in [6, 6.07) is 0.236. The lowest BCUT2D eigenvalue weighted by Gasteiger charge is -2.11. The van der Waals surface area contributed by atoms with Crippen LogP contribution in [-0.4, -0.2) is 25.8 Å². The SMILES string of the molecule is CC(NC(=O)CCc1nc(C2CCCC2)no1)c1cnn(C(C)C)c1. The summed E-state index contributed by atoms with van der Waals surface area (Å²) in [5.41, 5.74) is 1.00. The predicted octanol–water partition coefficient (Wildman–Crippen LogP) is 3.31. The van der Waals surface area contributed by atoms with Gasteiger partial charge in [-0.25, -0.2) is 0 Å². The third kappa shape index (κ3) is 4.46. The van der Waals surface area contributed by atoms with Gasteiger partial charge in [-0.3, -0.25) is 9.48 Å². The normalized spacial score (nSPS) is 16.5. The van der Waals surface area contributed by atoms with Crippen LogP contribution in [0.2, 0.25) is 0 Å². The molecule has 0 radical (unpaired) electrons. The minimum absolute atomic E-state index is 0.0228. The van der Waals surface area contributed by atoms with E-state index in [1.54, 1.807) is 6.20 Å². The standard InChI is InChI=1S/C18H27N5O2/c1-12(2)23-11-15(10-19-23)13(3)20-16(24)8-9-17-21-18(22-25-17)14-6-4-5-7-14/h10-14H,4-9H2,1-3H3,(H,20,24). The van der Waals surface area contributed by atoms with Crippen molar-refractivity contribution in [2.75, 3.05) is 0 Å². The molecule has 1 unspecified atom stereocenters. The number of hydrogen-bond acceptors (Lipinski definition) is 5. The second-order valence-corrected chi connectivity index (χ2v) is 7.16. The van der Waals surface area contributed by atoms with Crippen LogP contribution in [0.4, 0.5) is 0 Å². The highest BCUT2D eigenvalue weighted by atomic mass is 16.5. The number of amides is 1. The molecular weight excluding hydrogens is 318 g/mol. The van der Waals surface area contributed by atoms with Crippen LogP contribution in [0, 0.1) is 0 Å². The van der Waals surface area contributed by atoms with Gasteiger partial charge in [0.1, 0.15) is 0 Å². The minimum Gasteiger partial charge on any atom is -0.349 e. The van der Waals surface area contributed by atoms with Gasteiger partial charge in [0, 0.05) is 36.6 Å². The first-order valence-corrected chi connectivity index (χ1v) is 9.19. The number of aryl methyl sites for hydroxylation is 1. The predicted molar refractivity (Wildman–Crippen MR) is 93.0 cm³/mol. The zero-order valence-electron chi connectivity index (χ0n) is 15.2. The average Bonchev–Trinajstić information content (AvgIpc) is 3.33. The van der Waals surface area contributed by atoms with E-state index < -0.39 is 0 Å². The first-order valence-electron chi connectivity index (χ1n) is 9.19. The number of nitrogens with zero attached hydrogens (tertiary/aromatic N) is 4. The molecule has 25 heavy (non-hydrogen) atoms. The zero-order chi connectivity index (χ0) is 17.8. The molecule has 1 saturated carbocycles. The Bertz CT molecular complexity index is 700. The first kappa shape index (κ1) is 17.6. The van der Waals surface area contributed by atoms with Crippen molar-refractivity contribution >= 4 is 5.91 Å². The van der Waals surface area contributed by atoms with Crippen LogP contribution in [0.3, 0.4) is 0 Å². The Morgan fingerprint density at radius 2 is 2.12 bits per heavy atom. The molecule has 136 valence electrons. The highest BCUT2D eigenvalue weighted by Gasteiger charge is 2.22. The monoisotopic (exact) mass is 345 g/mol. The van der Waals surface area contributed by atoms with Gasteiger partial charge in [-0.05, 0) is 33.6 Å². The molecule has 1 fully saturated rings. The summed E-state index contributed by atoms with van der Waals surface area (Å²) in [5.74, 6) is 1.77. The molecule has 1 aliphatic carbocycles. The van der Waals surface area contributed by atoms with Crippen molar-refractivity contribution in [3.05, 3.63) is 29.7 Å². The fraction of sp³-hybridized carbons (Fsp3) is 0.667. The van der Waals surface area contributed by atoms with Crippen LogP contribution < -0.4 is 5.32 Å². The van der Waals surface area contributed by atoms with E-state index in [1.165, 1.54) is 12.8 Å². The van der Waals surface area contributed by atoms with E-state index in [2.05, 4.69) is 34.4 Å². The number of hydrogen-bond donors (Lipinski definition) is 1. The van der Waals surface area contributed by atoms with Gasteiger partial charge in [0.05, 0.1) is 12.2 Å². The van der Waals surface area contributed by atoms with Crippen molar-refractivity contribution in [2.45, 2.75) is 77.3 Å². The molecule has 0 aliphatic heterocycles. The lowest BCUT2D eigenvalue weighted by atomic mass is 10.1. The summed E-state index contributed by atoms with van der Waals surface area (Å²) < 4.78 is 7.18. The van der Waals surface area contributed by atoms with Gasteiger partial charge < -0.3 is 9.84 Å².